The van der Waals surface area contributed by atoms with E-state index >= 15 is 0 Å². The van der Waals surface area contributed by atoms with E-state index < -0.39 is 0 Å². The molecule has 2 N–H and O–H groups in total. The van der Waals surface area contributed by atoms with E-state index in [9.17, 15) is 0 Å². The van der Waals surface area contributed by atoms with Crippen molar-refractivity contribution >= 4 is 5.69 Å². The van der Waals surface area contributed by atoms with Gasteiger partial charge in [-0.2, -0.15) is 0 Å². The van der Waals surface area contributed by atoms with Crippen LogP contribution in [-0.2, 0) is 0 Å². The van der Waals surface area contributed by atoms with Crippen molar-refractivity contribution in [2.24, 2.45) is 0 Å². The molecule has 1 atom stereocenters. The van der Waals surface area contributed by atoms with Crippen molar-refractivity contribution in [3.63, 3.8) is 0 Å². The number of nitrogens with one attached hydrogen (secondary N) is 2. The lowest BCUT2D eigenvalue weighted by Gasteiger charge is -2.23. The summed E-state index contributed by atoms with van der Waals surface area (Å²) in [5.74, 6) is 0.713. The molecule has 1 fully saturated rings. The largest absolute Gasteiger partial charge is 0.385 e. The third kappa shape index (κ3) is 7.39. The molecule has 0 radical (unpaired) electrons. The highest BCUT2D eigenvalue weighted by Crippen LogP contribution is 2.24. The zero-order valence-electron chi connectivity index (χ0n) is 15.1. The molecule has 1 heterocycles. The van der Waals surface area contributed by atoms with Crippen LogP contribution in [0.1, 0.15) is 82.6 Å². The standard InChI is InChI=1S/C21H36N2/c1-2-3-4-5-6-7-8-9-17-23-21-14-12-19(13-15-21)20-11-10-16-22-18-20/h12-15,20,22-23H,2-11,16-18H2,1H3. The summed E-state index contributed by atoms with van der Waals surface area (Å²) in [4.78, 5) is 0. The first kappa shape index (κ1) is 18.3. The first-order valence-electron chi connectivity index (χ1n) is 9.94. The van der Waals surface area contributed by atoms with E-state index in [0.29, 0.717) is 5.92 Å². The second-order valence-electron chi connectivity index (χ2n) is 7.07. The van der Waals surface area contributed by atoms with Gasteiger partial charge in [-0.3, -0.25) is 0 Å². The summed E-state index contributed by atoms with van der Waals surface area (Å²) in [5.41, 5.74) is 2.77. The van der Waals surface area contributed by atoms with Crippen molar-refractivity contribution in [1.29, 1.82) is 0 Å². The van der Waals surface area contributed by atoms with E-state index in [2.05, 4.69) is 41.8 Å². The molecule has 0 saturated carbocycles. The zero-order chi connectivity index (χ0) is 16.2. The van der Waals surface area contributed by atoms with Gasteiger partial charge in [-0.25, -0.2) is 0 Å². The van der Waals surface area contributed by atoms with Crippen LogP contribution in [0.5, 0.6) is 0 Å². The molecule has 0 bridgehead atoms. The summed E-state index contributed by atoms with van der Waals surface area (Å²) in [6.07, 6.45) is 13.7. The van der Waals surface area contributed by atoms with Crippen LogP contribution in [0, 0.1) is 0 Å². The van der Waals surface area contributed by atoms with Crippen LogP contribution in [-0.4, -0.2) is 19.6 Å². The molecule has 23 heavy (non-hydrogen) atoms. The second-order valence-corrected chi connectivity index (χ2v) is 7.07. The minimum atomic E-state index is 0.713. The van der Waals surface area contributed by atoms with Crippen LogP contribution < -0.4 is 10.6 Å². The van der Waals surface area contributed by atoms with Gasteiger partial charge in [0, 0.05) is 18.8 Å². The zero-order valence-corrected chi connectivity index (χ0v) is 15.1. The van der Waals surface area contributed by atoms with Gasteiger partial charge in [0.1, 0.15) is 0 Å². The van der Waals surface area contributed by atoms with Gasteiger partial charge in [-0.15, -0.1) is 0 Å². The van der Waals surface area contributed by atoms with Crippen molar-refractivity contribution in [3.8, 4) is 0 Å². The molecule has 1 aliphatic heterocycles. The molecule has 0 amide bonds. The fourth-order valence-corrected chi connectivity index (χ4v) is 3.50. The van der Waals surface area contributed by atoms with E-state index in [4.69, 9.17) is 0 Å². The van der Waals surface area contributed by atoms with Crippen LogP contribution in [0.3, 0.4) is 0 Å². The lowest BCUT2D eigenvalue weighted by Crippen LogP contribution is -2.28. The Kier molecular flexibility index (Phi) is 9.16. The van der Waals surface area contributed by atoms with E-state index in [0.717, 1.165) is 13.1 Å². The molecule has 2 heteroatoms. The highest BCUT2D eigenvalue weighted by Gasteiger charge is 2.14. The summed E-state index contributed by atoms with van der Waals surface area (Å²) >= 11 is 0. The Morgan fingerprint density at radius 3 is 2.30 bits per heavy atom. The SMILES string of the molecule is CCCCCCCCCCNc1ccc(C2CCCNC2)cc1. The molecule has 1 aromatic carbocycles. The van der Waals surface area contributed by atoms with Gasteiger partial charge in [-0.05, 0) is 49.4 Å². The Hall–Kier alpha value is -1.02. The number of benzene rings is 1. The first-order chi connectivity index (χ1) is 11.4. The Morgan fingerprint density at radius 2 is 1.65 bits per heavy atom. The molecule has 0 aromatic heterocycles. The number of hydrogen-bond donors (Lipinski definition) is 2. The third-order valence-electron chi connectivity index (χ3n) is 5.04. The summed E-state index contributed by atoms with van der Waals surface area (Å²) in [5, 5.41) is 7.07. The minimum Gasteiger partial charge on any atom is -0.385 e. The molecule has 2 rings (SSSR count). The van der Waals surface area contributed by atoms with Crippen LogP contribution in [0.4, 0.5) is 5.69 Å². The van der Waals surface area contributed by atoms with Crippen molar-refractivity contribution in [3.05, 3.63) is 29.8 Å². The van der Waals surface area contributed by atoms with Gasteiger partial charge >= 0.3 is 0 Å². The van der Waals surface area contributed by atoms with Crippen LogP contribution >= 0.6 is 0 Å². The molecule has 1 unspecified atom stereocenters. The van der Waals surface area contributed by atoms with Crippen molar-refractivity contribution in [1.82, 2.24) is 5.32 Å². The van der Waals surface area contributed by atoms with Gasteiger partial charge in [0.15, 0.2) is 0 Å². The van der Waals surface area contributed by atoms with Crippen LogP contribution in [0.2, 0.25) is 0 Å². The van der Waals surface area contributed by atoms with Gasteiger partial charge in [-0.1, -0.05) is 64.0 Å². The lowest BCUT2D eigenvalue weighted by atomic mass is 9.92. The predicted molar refractivity (Wildman–Crippen MR) is 102 cm³/mol. The van der Waals surface area contributed by atoms with Gasteiger partial charge < -0.3 is 10.6 Å². The Labute approximate surface area is 143 Å². The molecule has 1 aromatic rings. The number of rotatable bonds is 11. The molecule has 0 spiro atoms. The predicted octanol–water partition coefficient (Wildman–Crippen LogP) is 5.71. The average molecular weight is 317 g/mol. The fourth-order valence-electron chi connectivity index (χ4n) is 3.50. The number of piperidine rings is 1. The van der Waals surface area contributed by atoms with Crippen LogP contribution in [0.15, 0.2) is 24.3 Å². The highest BCUT2D eigenvalue weighted by atomic mass is 14.9. The van der Waals surface area contributed by atoms with Gasteiger partial charge in [0.05, 0.1) is 0 Å². The number of anilines is 1. The Bertz CT molecular complexity index is 393. The summed E-state index contributed by atoms with van der Waals surface area (Å²) in [6.45, 7) is 5.73. The molecule has 1 saturated heterocycles. The van der Waals surface area contributed by atoms with Crippen molar-refractivity contribution in [2.75, 3.05) is 25.0 Å². The minimum absolute atomic E-state index is 0.713. The number of hydrogen-bond acceptors (Lipinski definition) is 2. The highest BCUT2D eigenvalue weighted by molar-refractivity contribution is 5.45. The summed E-state index contributed by atoms with van der Waals surface area (Å²) in [6, 6.07) is 9.14. The lowest BCUT2D eigenvalue weighted by molar-refractivity contribution is 0.461. The smallest absolute Gasteiger partial charge is 0.0340 e. The van der Waals surface area contributed by atoms with E-state index in [1.807, 2.05) is 0 Å². The molecule has 0 aliphatic carbocycles. The first-order valence-corrected chi connectivity index (χ1v) is 9.94. The topological polar surface area (TPSA) is 24.1 Å². The third-order valence-corrected chi connectivity index (χ3v) is 5.04. The maximum Gasteiger partial charge on any atom is 0.0340 e. The fraction of sp³-hybridized carbons (Fsp3) is 0.714. The normalized spacial score (nSPS) is 18.0. The van der Waals surface area contributed by atoms with Gasteiger partial charge in [0.25, 0.3) is 0 Å². The molecular weight excluding hydrogens is 280 g/mol. The van der Waals surface area contributed by atoms with E-state index in [-0.39, 0.29) is 0 Å². The van der Waals surface area contributed by atoms with E-state index in [1.54, 1.807) is 0 Å². The van der Waals surface area contributed by atoms with Gasteiger partial charge in [0.2, 0.25) is 0 Å². The summed E-state index contributed by atoms with van der Waals surface area (Å²) in [7, 11) is 0. The maximum atomic E-state index is 3.57. The summed E-state index contributed by atoms with van der Waals surface area (Å²) < 4.78 is 0. The van der Waals surface area contributed by atoms with Crippen molar-refractivity contribution < 1.29 is 0 Å². The monoisotopic (exact) mass is 316 g/mol. The Morgan fingerprint density at radius 1 is 0.957 bits per heavy atom. The molecular formula is C21H36N2. The molecule has 1 aliphatic rings. The molecule has 130 valence electrons. The van der Waals surface area contributed by atoms with Crippen molar-refractivity contribution in [2.45, 2.75) is 77.0 Å². The van der Waals surface area contributed by atoms with Crippen LogP contribution in [0.25, 0.3) is 0 Å². The maximum absolute atomic E-state index is 3.57. The average Bonchev–Trinajstić information content (AvgIpc) is 2.62. The quantitative estimate of drug-likeness (QED) is 0.511. The number of unbranched alkanes of at least 4 members (excludes halogenated alkanes) is 7. The Balaban J connectivity index is 1.54. The molecule has 2 nitrogen and oxygen atoms in total. The second kappa shape index (κ2) is 11.5. The van der Waals surface area contributed by atoms with E-state index in [1.165, 1.54) is 82.0 Å².